The van der Waals surface area contributed by atoms with E-state index in [1.807, 2.05) is 90.5 Å². The lowest BCUT2D eigenvalue weighted by Gasteiger charge is -2.22. The van der Waals surface area contributed by atoms with Crippen LogP contribution in [0.25, 0.3) is 5.69 Å². The minimum absolute atomic E-state index is 0.266. The summed E-state index contributed by atoms with van der Waals surface area (Å²) in [6.07, 6.45) is 3.19. The van der Waals surface area contributed by atoms with Gasteiger partial charge < -0.3 is 20.1 Å². The van der Waals surface area contributed by atoms with Crippen LogP contribution in [0.5, 0.6) is 5.75 Å². The second-order valence-corrected chi connectivity index (χ2v) is 6.97. The van der Waals surface area contributed by atoms with Crippen molar-refractivity contribution in [1.82, 2.24) is 20.0 Å². The summed E-state index contributed by atoms with van der Waals surface area (Å²) in [6.45, 7) is 3.68. The van der Waals surface area contributed by atoms with Crippen molar-refractivity contribution in [3.63, 3.8) is 0 Å². The lowest BCUT2D eigenvalue weighted by atomic mass is 10.1. The number of aliphatic hydroxyl groups is 1. The normalized spacial score (nSPS) is 12.5. The van der Waals surface area contributed by atoms with E-state index in [0.717, 1.165) is 35.1 Å². The SMILES string of the molecule is CCNC(=NCC(O)c1ccc(OC)cc1)N(C)Cc1cnn(-c2ccccc2)c1. The van der Waals surface area contributed by atoms with Gasteiger partial charge in [-0.15, -0.1) is 0 Å². The maximum atomic E-state index is 10.5. The third-order valence-electron chi connectivity index (χ3n) is 4.69. The first kappa shape index (κ1) is 21.4. The number of nitrogens with zero attached hydrogens (tertiary/aromatic N) is 4. The highest BCUT2D eigenvalue weighted by Crippen LogP contribution is 2.18. The second-order valence-electron chi connectivity index (χ2n) is 6.97. The third-order valence-corrected chi connectivity index (χ3v) is 4.69. The molecule has 30 heavy (non-hydrogen) atoms. The van der Waals surface area contributed by atoms with Crippen LogP contribution in [-0.4, -0.2) is 53.0 Å². The summed E-state index contributed by atoms with van der Waals surface area (Å²) < 4.78 is 7.03. The van der Waals surface area contributed by atoms with Gasteiger partial charge in [0.25, 0.3) is 0 Å². The summed E-state index contributed by atoms with van der Waals surface area (Å²) in [4.78, 5) is 6.64. The van der Waals surface area contributed by atoms with Gasteiger partial charge in [0.05, 0.1) is 31.6 Å². The molecule has 2 N–H and O–H groups in total. The number of methoxy groups -OCH3 is 1. The molecule has 1 aromatic heterocycles. The Labute approximate surface area is 177 Å². The lowest BCUT2D eigenvalue weighted by Crippen LogP contribution is -2.38. The molecule has 3 aromatic rings. The van der Waals surface area contributed by atoms with Crippen molar-refractivity contribution in [3.8, 4) is 11.4 Å². The maximum Gasteiger partial charge on any atom is 0.194 e. The van der Waals surface area contributed by atoms with Gasteiger partial charge in [0, 0.05) is 31.9 Å². The number of guanidine groups is 1. The monoisotopic (exact) mass is 407 g/mol. The van der Waals surface area contributed by atoms with E-state index in [1.165, 1.54) is 0 Å². The zero-order valence-electron chi connectivity index (χ0n) is 17.7. The number of ether oxygens (including phenoxy) is 1. The van der Waals surface area contributed by atoms with Crippen LogP contribution in [0, 0.1) is 0 Å². The number of aliphatic imine (C=N–C) groups is 1. The highest BCUT2D eigenvalue weighted by molar-refractivity contribution is 5.79. The number of rotatable bonds is 8. The van der Waals surface area contributed by atoms with E-state index in [2.05, 4.69) is 15.4 Å². The number of para-hydroxylation sites is 1. The van der Waals surface area contributed by atoms with Crippen molar-refractivity contribution >= 4 is 5.96 Å². The Balaban J connectivity index is 1.65. The van der Waals surface area contributed by atoms with Gasteiger partial charge in [-0.2, -0.15) is 5.10 Å². The average Bonchev–Trinajstić information content (AvgIpc) is 3.25. The molecule has 3 rings (SSSR count). The zero-order valence-corrected chi connectivity index (χ0v) is 17.7. The molecule has 0 aliphatic heterocycles. The summed E-state index contributed by atoms with van der Waals surface area (Å²) >= 11 is 0. The molecule has 0 amide bonds. The van der Waals surface area contributed by atoms with E-state index in [1.54, 1.807) is 7.11 Å². The van der Waals surface area contributed by atoms with Crippen LogP contribution in [-0.2, 0) is 6.54 Å². The number of hydrogen-bond acceptors (Lipinski definition) is 4. The largest absolute Gasteiger partial charge is 0.497 e. The topological polar surface area (TPSA) is 74.9 Å². The Morgan fingerprint density at radius 2 is 1.93 bits per heavy atom. The molecule has 0 saturated carbocycles. The quantitative estimate of drug-likeness (QED) is 0.444. The van der Waals surface area contributed by atoms with E-state index in [4.69, 9.17) is 4.74 Å². The van der Waals surface area contributed by atoms with Crippen molar-refractivity contribution in [2.75, 3.05) is 27.2 Å². The number of benzene rings is 2. The molecule has 2 aromatic carbocycles. The summed E-state index contributed by atoms with van der Waals surface area (Å²) in [5, 5.41) is 18.2. The first-order valence-electron chi connectivity index (χ1n) is 10.0. The van der Waals surface area contributed by atoms with E-state index in [9.17, 15) is 5.11 Å². The molecule has 1 heterocycles. The summed E-state index contributed by atoms with van der Waals surface area (Å²) in [6, 6.07) is 17.4. The minimum atomic E-state index is -0.682. The number of hydrogen-bond donors (Lipinski definition) is 2. The molecule has 0 bridgehead atoms. The Morgan fingerprint density at radius 1 is 1.20 bits per heavy atom. The highest BCUT2D eigenvalue weighted by Gasteiger charge is 2.11. The fourth-order valence-corrected chi connectivity index (χ4v) is 3.09. The van der Waals surface area contributed by atoms with Gasteiger partial charge in [0.1, 0.15) is 5.75 Å². The third kappa shape index (κ3) is 5.61. The van der Waals surface area contributed by atoms with Crippen molar-refractivity contribution in [1.29, 1.82) is 0 Å². The van der Waals surface area contributed by atoms with Crippen LogP contribution in [0.3, 0.4) is 0 Å². The van der Waals surface area contributed by atoms with Gasteiger partial charge in [-0.3, -0.25) is 4.99 Å². The summed E-state index contributed by atoms with van der Waals surface area (Å²) in [5.41, 5.74) is 2.90. The molecule has 1 unspecified atom stereocenters. The number of aliphatic hydroxyl groups excluding tert-OH is 1. The van der Waals surface area contributed by atoms with Crippen LogP contribution in [0.4, 0.5) is 0 Å². The standard InChI is InChI=1S/C23H29N5O2/c1-4-24-23(25-15-22(29)19-10-12-21(30-3)13-11-19)27(2)16-18-14-26-28(17-18)20-8-6-5-7-9-20/h5-14,17,22,29H,4,15-16H2,1-3H3,(H,24,25). The van der Waals surface area contributed by atoms with Crippen LogP contribution >= 0.6 is 0 Å². The van der Waals surface area contributed by atoms with E-state index in [-0.39, 0.29) is 6.54 Å². The van der Waals surface area contributed by atoms with Crippen LogP contribution < -0.4 is 10.1 Å². The molecule has 7 heteroatoms. The fourth-order valence-electron chi connectivity index (χ4n) is 3.09. The zero-order chi connectivity index (χ0) is 21.3. The molecule has 0 saturated heterocycles. The van der Waals surface area contributed by atoms with E-state index >= 15 is 0 Å². The van der Waals surface area contributed by atoms with Crippen molar-refractivity contribution in [2.45, 2.75) is 19.6 Å². The molecule has 1 atom stereocenters. The first-order valence-corrected chi connectivity index (χ1v) is 10.0. The van der Waals surface area contributed by atoms with Crippen LogP contribution in [0.15, 0.2) is 72.0 Å². The van der Waals surface area contributed by atoms with Crippen molar-refractivity contribution in [3.05, 3.63) is 78.1 Å². The molecule has 7 nitrogen and oxygen atoms in total. The average molecular weight is 408 g/mol. The molecule has 0 spiro atoms. The lowest BCUT2D eigenvalue weighted by molar-refractivity contribution is 0.186. The van der Waals surface area contributed by atoms with Gasteiger partial charge in [-0.25, -0.2) is 4.68 Å². The predicted octanol–water partition coefficient (Wildman–Crippen LogP) is 3.01. The Kier molecular flexibility index (Phi) is 7.45. The smallest absolute Gasteiger partial charge is 0.194 e. The van der Waals surface area contributed by atoms with Crippen molar-refractivity contribution < 1.29 is 9.84 Å². The maximum absolute atomic E-state index is 10.5. The second kappa shape index (κ2) is 10.5. The molecular weight excluding hydrogens is 378 g/mol. The van der Waals surface area contributed by atoms with Crippen LogP contribution in [0.1, 0.15) is 24.2 Å². The van der Waals surface area contributed by atoms with Crippen molar-refractivity contribution in [2.24, 2.45) is 4.99 Å². The Morgan fingerprint density at radius 3 is 2.60 bits per heavy atom. The Bertz CT molecular complexity index is 938. The van der Waals surface area contributed by atoms with E-state index in [0.29, 0.717) is 6.54 Å². The number of aromatic nitrogens is 2. The van der Waals surface area contributed by atoms with E-state index < -0.39 is 6.10 Å². The molecule has 0 aliphatic carbocycles. The van der Waals surface area contributed by atoms with Crippen LogP contribution in [0.2, 0.25) is 0 Å². The fraction of sp³-hybridized carbons (Fsp3) is 0.304. The first-order chi connectivity index (χ1) is 14.6. The number of nitrogens with one attached hydrogen (secondary N) is 1. The van der Waals surface area contributed by atoms with Gasteiger partial charge in [0.2, 0.25) is 0 Å². The van der Waals surface area contributed by atoms with Gasteiger partial charge in [0.15, 0.2) is 5.96 Å². The summed E-state index contributed by atoms with van der Waals surface area (Å²) in [7, 11) is 3.60. The molecule has 0 aliphatic rings. The van der Waals surface area contributed by atoms with Gasteiger partial charge in [-0.1, -0.05) is 30.3 Å². The highest BCUT2D eigenvalue weighted by atomic mass is 16.5. The molecule has 0 fully saturated rings. The van der Waals surface area contributed by atoms with Gasteiger partial charge >= 0.3 is 0 Å². The summed E-state index contributed by atoms with van der Waals surface area (Å²) in [5.74, 6) is 1.50. The Hall–Kier alpha value is -3.32. The molecule has 158 valence electrons. The minimum Gasteiger partial charge on any atom is -0.497 e. The molecular formula is C23H29N5O2. The molecule has 0 radical (unpaired) electrons. The predicted molar refractivity (Wildman–Crippen MR) is 119 cm³/mol. The van der Waals surface area contributed by atoms with Gasteiger partial charge in [-0.05, 0) is 36.8 Å².